The summed E-state index contributed by atoms with van der Waals surface area (Å²) in [7, 11) is 1.92. The van der Waals surface area contributed by atoms with Gasteiger partial charge in [0.1, 0.15) is 5.82 Å². The van der Waals surface area contributed by atoms with Crippen molar-refractivity contribution in [1.29, 1.82) is 0 Å². The van der Waals surface area contributed by atoms with E-state index in [1.807, 2.05) is 24.3 Å². The van der Waals surface area contributed by atoms with E-state index in [2.05, 4.69) is 9.55 Å². The first-order valence-corrected chi connectivity index (χ1v) is 8.08. The monoisotopic (exact) mass is 291 g/mol. The zero-order valence-corrected chi connectivity index (χ0v) is 12.8. The normalized spacial score (nSPS) is 25.4. The van der Waals surface area contributed by atoms with Crippen LogP contribution in [0.25, 0.3) is 0 Å². The van der Waals surface area contributed by atoms with Gasteiger partial charge in [0.15, 0.2) is 0 Å². The SMILES string of the molecule is CN(CC1CCn2ccnc2C1)C(=O)CC1CCCCO1. The van der Waals surface area contributed by atoms with Crippen LogP contribution in [0.15, 0.2) is 12.4 Å². The third-order valence-electron chi connectivity index (χ3n) is 4.69. The average molecular weight is 291 g/mol. The third-order valence-corrected chi connectivity index (χ3v) is 4.69. The van der Waals surface area contributed by atoms with E-state index in [1.165, 1.54) is 6.42 Å². The number of aryl methyl sites for hydroxylation is 1. The minimum absolute atomic E-state index is 0.138. The molecular weight excluding hydrogens is 266 g/mol. The second kappa shape index (κ2) is 6.60. The Kier molecular flexibility index (Phi) is 4.58. The van der Waals surface area contributed by atoms with Crippen molar-refractivity contribution in [3.63, 3.8) is 0 Å². The maximum Gasteiger partial charge on any atom is 0.224 e. The van der Waals surface area contributed by atoms with Gasteiger partial charge in [0.25, 0.3) is 0 Å². The van der Waals surface area contributed by atoms with Crippen LogP contribution < -0.4 is 0 Å². The molecule has 3 rings (SSSR count). The average Bonchev–Trinajstić information content (AvgIpc) is 2.95. The molecule has 0 bridgehead atoms. The molecule has 116 valence electrons. The molecular formula is C16H25N3O2. The van der Waals surface area contributed by atoms with Gasteiger partial charge >= 0.3 is 0 Å². The number of imidazole rings is 1. The second-order valence-electron chi connectivity index (χ2n) is 6.36. The molecule has 5 nitrogen and oxygen atoms in total. The highest BCUT2D eigenvalue weighted by atomic mass is 16.5. The van der Waals surface area contributed by atoms with E-state index in [9.17, 15) is 4.79 Å². The summed E-state index contributed by atoms with van der Waals surface area (Å²) in [4.78, 5) is 18.6. The molecule has 21 heavy (non-hydrogen) atoms. The van der Waals surface area contributed by atoms with Crippen molar-refractivity contribution >= 4 is 5.91 Å². The van der Waals surface area contributed by atoms with Crippen molar-refractivity contribution < 1.29 is 9.53 Å². The molecule has 0 aromatic carbocycles. The molecule has 3 heterocycles. The van der Waals surface area contributed by atoms with E-state index < -0.39 is 0 Å². The third kappa shape index (κ3) is 3.64. The molecule has 1 aromatic heterocycles. The van der Waals surface area contributed by atoms with Gasteiger partial charge in [-0.3, -0.25) is 4.79 Å². The minimum atomic E-state index is 0.138. The number of aromatic nitrogens is 2. The molecule has 0 N–H and O–H groups in total. The fraction of sp³-hybridized carbons (Fsp3) is 0.750. The van der Waals surface area contributed by atoms with Crippen LogP contribution in [0.3, 0.4) is 0 Å². The van der Waals surface area contributed by atoms with Crippen LogP contribution in [-0.4, -0.2) is 46.7 Å². The number of rotatable bonds is 4. The van der Waals surface area contributed by atoms with Gasteiger partial charge in [0.05, 0.1) is 12.5 Å². The van der Waals surface area contributed by atoms with Gasteiger partial charge in [0, 0.05) is 45.6 Å². The van der Waals surface area contributed by atoms with Crippen molar-refractivity contribution in [3.05, 3.63) is 18.2 Å². The van der Waals surface area contributed by atoms with Crippen molar-refractivity contribution in [2.75, 3.05) is 20.2 Å². The Hall–Kier alpha value is -1.36. The van der Waals surface area contributed by atoms with Crippen LogP contribution in [0.2, 0.25) is 0 Å². The molecule has 0 spiro atoms. The number of hydrogen-bond donors (Lipinski definition) is 0. The Morgan fingerprint density at radius 3 is 3.19 bits per heavy atom. The molecule has 2 aliphatic rings. The van der Waals surface area contributed by atoms with E-state index in [-0.39, 0.29) is 12.0 Å². The first-order chi connectivity index (χ1) is 10.2. The van der Waals surface area contributed by atoms with Crippen LogP contribution in [0, 0.1) is 5.92 Å². The van der Waals surface area contributed by atoms with E-state index in [0.717, 1.165) is 51.2 Å². The number of carbonyl (C=O) groups excluding carboxylic acids is 1. The summed E-state index contributed by atoms with van der Waals surface area (Å²) in [5.74, 6) is 1.90. The van der Waals surface area contributed by atoms with Gasteiger partial charge in [-0.25, -0.2) is 4.98 Å². The summed E-state index contributed by atoms with van der Waals surface area (Å²) < 4.78 is 7.88. The Labute approximate surface area is 126 Å². The zero-order chi connectivity index (χ0) is 14.7. The zero-order valence-electron chi connectivity index (χ0n) is 12.8. The molecule has 0 saturated carbocycles. The summed E-state index contributed by atoms with van der Waals surface area (Å²) >= 11 is 0. The Morgan fingerprint density at radius 2 is 2.38 bits per heavy atom. The second-order valence-corrected chi connectivity index (χ2v) is 6.36. The molecule has 1 aromatic rings. The van der Waals surface area contributed by atoms with E-state index >= 15 is 0 Å². The van der Waals surface area contributed by atoms with Crippen LogP contribution in [0.4, 0.5) is 0 Å². The summed E-state index contributed by atoms with van der Waals surface area (Å²) in [6, 6.07) is 0. The predicted octanol–water partition coefficient (Wildman–Crippen LogP) is 1.86. The van der Waals surface area contributed by atoms with Crippen LogP contribution in [0.1, 0.15) is 37.9 Å². The standard InChI is InChI=1S/C16H25N3O2/c1-18(16(20)11-14-4-2-3-9-21-14)12-13-5-7-19-8-6-17-15(19)10-13/h6,8,13-14H,2-5,7,9-12H2,1H3. The maximum atomic E-state index is 12.3. The first kappa shape index (κ1) is 14.6. The highest BCUT2D eigenvalue weighted by Crippen LogP contribution is 2.21. The molecule has 1 amide bonds. The van der Waals surface area contributed by atoms with Gasteiger partial charge in [0.2, 0.25) is 5.91 Å². The van der Waals surface area contributed by atoms with Crippen LogP contribution in [0.5, 0.6) is 0 Å². The molecule has 5 heteroatoms. The number of nitrogens with zero attached hydrogens (tertiary/aromatic N) is 3. The molecule has 1 fully saturated rings. The summed E-state index contributed by atoms with van der Waals surface area (Å²) in [5, 5.41) is 0. The van der Waals surface area contributed by atoms with Gasteiger partial charge in [-0.05, 0) is 31.6 Å². The lowest BCUT2D eigenvalue weighted by Crippen LogP contribution is -2.37. The largest absolute Gasteiger partial charge is 0.378 e. The van der Waals surface area contributed by atoms with Gasteiger partial charge in [-0.15, -0.1) is 0 Å². The molecule has 2 aliphatic heterocycles. The fourth-order valence-electron chi connectivity index (χ4n) is 3.38. The molecule has 2 unspecified atom stereocenters. The summed E-state index contributed by atoms with van der Waals surface area (Å²) in [5.41, 5.74) is 0. The van der Waals surface area contributed by atoms with E-state index in [4.69, 9.17) is 4.74 Å². The molecule has 2 atom stereocenters. The van der Waals surface area contributed by atoms with Crippen LogP contribution >= 0.6 is 0 Å². The van der Waals surface area contributed by atoms with Gasteiger partial charge in [-0.1, -0.05) is 0 Å². The lowest BCUT2D eigenvalue weighted by Gasteiger charge is -2.29. The maximum absolute atomic E-state index is 12.3. The van der Waals surface area contributed by atoms with Crippen molar-refractivity contribution in [1.82, 2.24) is 14.5 Å². The van der Waals surface area contributed by atoms with Crippen molar-refractivity contribution in [3.8, 4) is 0 Å². The van der Waals surface area contributed by atoms with Gasteiger partial charge in [-0.2, -0.15) is 0 Å². The summed E-state index contributed by atoms with van der Waals surface area (Å²) in [6.45, 7) is 2.67. The van der Waals surface area contributed by atoms with E-state index in [1.54, 1.807) is 0 Å². The Bertz CT molecular complexity index is 480. The Morgan fingerprint density at radius 1 is 1.48 bits per heavy atom. The smallest absolute Gasteiger partial charge is 0.224 e. The molecule has 1 saturated heterocycles. The van der Waals surface area contributed by atoms with Crippen LogP contribution in [-0.2, 0) is 22.5 Å². The summed E-state index contributed by atoms with van der Waals surface area (Å²) in [6.07, 6.45) is 10.0. The van der Waals surface area contributed by atoms with Crippen molar-refractivity contribution in [2.45, 2.75) is 51.2 Å². The number of ether oxygens (including phenoxy) is 1. The van der Waals surface area contributed by atoms with Crippen molar-refractivity contribution in [2.24, 2.45) is 5.92 Å². The Balaban J connectivity index is 1.47. The quantitative estimate of drug-likeness (QED) is 0.851. The topological polar surface area (TPSA) is 47.4 Å². The minimum Gasteiger partial charge on any atom is -0.378 e. The highest BCUT2D eigenvalue weighted by molar-refractivity contribution is 5.76. The number of amides is 1. The number of hydrogen-bond acceptors (Lipinski definition) is 3. The fourth-order valence-corrected chi connectivity index (χ4v) is 3.38. The van der Waals surface area contributed by atoms with Gasteiger partial charge < -0.3 is 14.2 Å². The van der Waals surface area contributed by atoms with E-state index in [0.29, 0.717) is 12.3 Å². The number of carbonyl (C=O) groups is 1. The number of fused-ring (bicyclic) bond motifs is 1. The molecule has 0 radical (unpaired) electrons. The first-order valence-electron chi connectivity index (χ1n) is 8.08. The lowest BCUT2D eigenvalue weighted by molar-refractivity contribution is -0.134. The lowest BCUT2D eigenvalue weighted by atomic mass is 9.97. The predicted molar refractivity (Wildman–Crippen MR) is 79.9 cm³/mol. The molecule has 0 aliphatic carbocycles. The highest BCUT2D eigenvalue weighted by Gasteiger charge is 2.24.